The number of carbonyl (C=O) groups excluding carboxylic acids is 5. The van der Waals surface area contributed by atoms with Crippen LogP contribution >= 0.6 is 0 Å². The average Bonchev–Trinajstić information content (AvgIpc) is 2.76. The highest BCUT2D eigenvalue weighted by atomic mass is 19.4. The molecule has 0 aliphatic carbocycles. The van der Waals surface area contributed by atoms with Crippen LogP contribution in [0.15, 0.2) is 18.2 Å². The molecular weight excluding hydrogens is 454 g/mol. The zero-order chi connectivity index (χ0) is 24.3. The molecule has 2 aliphatic rings. The third kappa shape index (κ3) is 5.46. The Kier molecular flexibility index (Phi) is 6.98. The number of anilines is 1. The largest absolute Gasteiger partial charge is 0.493 e. The molecule has 3 amide bonds. The van der Waals surface area contributed by atoms with Gasteiger partial charge in [-0.15, -0.1) is 0 Å². The summed E-state index contributed by atoms with van der Waals surface area (Å²) in [5.74, 6) is -7.38. The number of carbonyl (C=O) groups is 5. The third-order valence-corrected chi connectivity index (χ3v) is 5.39. The van der Waals surface area contributed by atoms with Crippen molar-refractivity contribution in [3.8, 4) is 0 Å². The Morgan fingerprint density at radius 2 is 1.82 bits per heavy atom. The molecule has 0 aromatic heterocycles. The first-order chi connectivity index (χ1) is 15.5. The van der Waals surface area contributed by atoms with Gasteiger partial charge in [0.05, 0.1) is 5.56 Å². The molecule has 0 bridgehead atoms. The van der Waals surface area contributed by atoms with Crippen molar-refractivity contribution in [3.63, 3.8) is 0 Å². The van der Waals surface area contributed by atoms with Gasteiger partial charge >= 0.3 is 12.1 Å². The number of hydrogen-bond acceptors (Lipinski definition) is 7. The maximum absolute atomic E-state index is 14.8. The molecule has 1 atom stereocenters. The molecule has 3 rings (SSSR count). The Morgan fingerprint density at radius 1 is 1.15 bits per heavy atom. The van der Waals surface area contributed by atoms with Crippen LogP contribution in [0.25, 0.3) is 0 Å². The molecule has 2 fully saturated rings. The van der Waals surface area contributed by atoms with Gasteiger partial charge in [-0.1, -0.05) is 0 Å². The maximum Gasteiger partial charge on any atom is 0.493 e. The molecule has 178 valence electrons. The lowest BCUT2D eigenvalue weighted by molar-refractivity contribution is -0.234. The number of nitrogens with zero attached hydrogens (tertiary/aromatic N) is 2. The lowest BCUT2D eigenvalue weighted by Gasteiger charge is -2.32. The van der Waals surface area contributed by atoms with Crippen molar-refractivity contribution >= 4 is 35.7 Å². The number of alkyl halides is 3. The summed E-state index contributed by atoms with van der Waals surface area (Å²) in [5.41, 5.74) is -0.352. The number of hydroxylamine groups is 2. The van der Waals surface area contributed by atoms with E-state index in [0.717, 1.165) is 18.4 Å². The van der Waals surface area contributed by atoms with Crippen molar-refractivity contribution in [1.29, 1.82) is 0 Å². The van der Waals surface area contributed by atoms with E-state index < -0.39 is 53.7 Å². The van der Waals surface area contributed by atoms with Gasteiger partial charge in [-0.05, 0) is 37.5 Å². The number of hydrogen-bond donors (Lipinski definition) is 1. The van der Waals surface area contributed by atoms with Gasteiger partial charge in [-0.3, -0.25) is 19.7 Å². The number of amides is 3. The van der Waals surface area contributed by atoms with Crippen molar-refractivity contribution in [2.75, 3.05) is 18.0 Å². The van der Waals surface area contributed by atoms with Crippen LogP contribution in [0, 0.1) is 11.7 Å². The predicted octanol–water partition coefficient (Wildman–Crippen LogP) is 1.51. The predicted molar refractivity (Wildman–Crippen MR) is 102 cm³/mol. The fourth-order valence-corrected chi connectivity index (χ4v) is 3.58. The molecule has 2 saturated heterocycles. The summed E-state index contributed by atoms with van der Waals surface area (Å²) < 4.78 is 53.0. The maximum atomic E-state index is 14.8. The Hall–Kier alpha value is -3.51. The molecule has 2 heterocycles. The lowest BCUT2D eigenvalue weighted by Crippen LogP contribution is -2.55. The second kappa shape index (κ2) is 9.55. The van der Waals surface area contributed by atoms with Gasteiger partial charge in [0, 0.05) is 31.1 Å². The Balaban J connectivity index is 1.85. The van der Waals surface area contributed by atoms with Crippen LogP contribution in [0.3, 0.4) is 0 Å². The molecule has 0 radical (unpaired) electrons. The summed E-state index contributed by atoms with van der Waals surface area (Å²) in [7, 11) is 0. The van der Waals surface area contributed by atoms with Crippen LogP contribution in [-0.4, -0.2) is 60.3 Å². The quantitative estimate of drug-likeness (QED) is 0.305. The van der Waals surface area contributed by atoms with E-state index in [4.69, 9.17) is 0 Å². The van der Waals surface area contributed by atoms with E-state index in [9.17, 15) is 41.5 Å². The Morgan fingerprint density at radius 3 is 2.36 bits per heavy atom. The molecule has 1 N–H and O–H groups in total. The monoisotopic (exact) mass is 473 g/mol. The number of imide groups is 1. The first kappa shape index (κ1) is 24.1. The Bertz CT molecular complexity index is 975. The molecule has 9 nitrogen and oxygen atoms in total. The summed E-state index contributed by atoms with van der Waals surface area (Å²) in [5, 5.41) is 1.69. The molecule has 2 aliphatic heterocycles. The van der Waals surface area contributed by atoms with Crippen LogP contribution in [0.5, 0.6) is 0 Å². The third-order valence-electron chi connectivity index (χ3n) is 5.39. The zero-order valence-corrected chi connectivity index (χ0v) is 17.1. The normalized spacial score (nSPS) is 19.6. The summed E-state index contributed by atoms with van der Waals surface area (Å²) in [6, 6.07) is 1.58. The minimum atomic E-state index is -5.49. The second-order valence-corrected chi connectivity index (χ2v) is 7.60. The minimum absolute atomic E-state index is 0.0997. The standard InChI is InChI=1S/C20H19F4N3O6/c21-14-9-12(26-7-5-11(10-28)6-8-26)1-2-13(14)18(31)27(33-19(32)20(22,23)24)15-3-4-16(29)25-17(15)30/h1-2,9-11,15H,3-8H2,(H,25,29,30). The smallest absolute Gasteiger partial charge is 0.371 e. The highest BCUT2D eigenvalue weighted by Gasteiger charge is 2.46. The number of rotatable bonds is 4. The molecular formula is C20H19F4N3O6. The molecule has 1 aromatic carbocycles. The zero-order valence-electron chi connectivity index (χ0n) is 17.1. The highest BCUT2D eigenvalue weighted by molar-refractivity contribution is 6.04. The van der Waals surface area contributed by atoms with E-state index in [2.05, 4.69) is 4.84 Å². The second-order valence-electron chi connectivity index (χ2n) is 7.60. The summed E-state index contributed by atoms with van der Waals surface area (Å²) in [4.78, 5) is 64.4. The van der Waals surface area contributed by atoms with Crippen LogP contribution in [0.2, 0.25) is 0 Å². The van der Waals surface area contributed by atoms with E-state index in [1.54, 1.807) is 4.90 Å². The van der Waals surface area contributed by atoms with E-state index in [-0.39, 0.29) is 17.4 Å². The van der Waals surface area contributed by atoms with Crippen LogP contribution in [0.1, 0.15) is 36.0 Å². The summed E-state index contributed by atoms with van der Waals surface area (Å²) in [6.07, 6.45) is -4.28. The molecule has 0 saturated carbocycles. The van der Waals surface area contributed by atoms with Crippen LogP contribution in [-0.2, 0) is 24.0 Å². The van der Waals surface area contributed by atoms with Crippen molar-refractivity contribution in [2.24, 2.45) is 5.92 Å². The first-order valence-corrected chi connectivity index (χ1v) is 9.97. The van der Waals surface area contributed by atoms with Crippen molar-refractivity contribution in [1.82, 2.24) is 10.4 Å². The number of nitrogens with one attached hydrogen (secondary N) is 1. The van der Waals surface area contributed by atoms with Crippen molar-refractivity contribution in [3.05, 3.63) is 29.6 Å². The van der Waals surface area contributed by atoms with E-state index >= 15 is 0 Å². The molecule has 0 spiro atoms. The van der Waals surface area contributed by atoms with Gasteiger partial charge in [0.1, 0.15) is 12.1 Å². The SMILES string of the molecule is O=CC1CCN(c2ccc(C(=O)N(OC(=O)C(F)(F)F)C3CCC(=O)NC3=O)c(F)c2)CC1. The number of halogens is 4. The van der Waals surface area contributed by atoms with Gasteiger partial charge in [0.2, 0.25) is 5.91 Å². The first-order valence-electron chi connectivity index (χ1n) is 9.97. The highest BCUT2D eigenvalue weighted by Crippen LogP contribution is 2.27. The fraction of sp³-hybridized carbons (Fsp3) is 0.450. The topological polar surface area (TPSA) is 113 Å². The molecule has 13 heteroatoms. The van der Waals surface area contributed by atoms with Gasteiger partial charge in [-0.25, -0.2) is 9.18 Å². The number of benzene rings is 1. The summed E-state index contributed by atoms with van der Waals surface area (Å²) in [6.45, 7) is 0.920. The average molecular weight is 473 g/mol. The van der Waals surface area contributed by atoms with Crippen LogP contribution in [0.4, 0.5) is 23.2 Å². The van der Waals surface area contributed by atoms with Gasteiger partial charge in [0.25, 0.3) is 11.8 Å². The van der Waals surface area contributed by atoms with Crippen molar-refractivity contribution < 1.29 is 46.4 Å². The molecule has 33 heavy (non-hydrogen) atoms. The molecule has 1 aromatic rings. The van der Waals surface area contributed by atoms with Gasteiger partial charge < -0.3 is 14.5 Å². The van der Waals surface area contributed by atoms with Gasteiger partial charge in [-0.2, -0.15) is 18.2 Å². The summed E-state index contributed by atoms with van der Waals surface area (Å²) >= 11 is 0. The van der Waals surface area contributed by atoms with E-state index in [0.29, 0.717) is 31.6 Å². The molecule has 1 unspecified atom stereocenters. The lowest BCUT2D eigenvalue weighted by atomic mass is 9.98. The Labute approximate surface area is 184 Å². The van der Waals surface area contributed by atoms with Crippen LogP contribution < -0.4 is 10.2 Å². The van der Waals surface area contributed by atoms with Crippen molar-refractivity contribution in [2.45, 2.75) is 37.9 Å². The number of piperidine rings is 2. The van der Waals surface area contributed by atoms with E-state index in [1.807, 2.05) is 5.32 Å². The van der Waals surface area contributed by atoms with Gasteiger partial charge in [0.15, 0.2) is 6.04 Å². The minimum Gasteiger partial charge on any atom is -0.371 e. The fourth-order valence-electron chi connectivity index (χ4n) is 3.58. The van der Waals surface area contributed by atoms with E-state index in [1.165, 1.54) is 6.07 Å². The number of aldehydes is 1.